The fourth-order valence-electron chi connectivity index (χ4n) is 2.03. The van der Waals surface area contributed by atoms with E-state index >= 15 is 0 Å². The maximum Gasteiger partial charge on any atom is 0.224 e. The summed E-state index contributed by atoms with van der Waals surface area (Å²) in [5.74, 6) is 0.371. The third kappa shape index (κ3) is 2.59. The average Bonchev–Trinajstić information content (AvgIpc) is 2.33. The number of hydrogen-bond acceptors (Lipinski definition) is 4. The van der Waals surface area contributed by atoms with Gasteiger partial charge in [0.05, 0.1) is 6.20 Å². The summed E-state index contributed by atoms with van der Waals surface area (Å²) in [4.78, 5) is 7.89. The third-order valence-corrected chi connectivity index (χ3v) is 2.91. The van der Waals surface area contributed by atoms with Crippen LogP contribution in [-0.2, 0) is 0 Å². The maximum absolute atomic E-state index is 13.4. The SMILES string of the molecule is CNc1ncc(F)c(NC2CCCCC2)n1. The van der Waals surface area contributed by atoms with Gasteiger partial charge in [-0.2, -0.15) is 4.98 Å². The van der Waals surface area contributed by atoms with Crippen molar-refractivity contribution in [2.45, 2.75) is 38.1 Å². The fourth-order valence-corrected chi connectivity index (χ4v) is 2.03. The first-order chi connectivity index (χ1) is 7.79. The number of nitrogens with zero attached hydrogens (tertiary/aromatic N) is 2. The molecule has 1 fully saturated rings. The average molecular weight is 224 g/mol. The van der Waals surface area contributed by atoms with Gasteiger partial charge in [-0.1, -0.05) is 19.3 Å². The van der Waals surface area contributed by atoms with Gasteiger partial charge in [-0.3, -0.25) is 0 Å². The van der Waals surface area contributed by atoms with Crippen LogP contribution in [-0.4, -0.2) is 23.1 Å². The summed E-state index contributed by atoms with van der Waals surface area (Å²) in [5.41, 5.74) is 0. The molecular weight excluding hydrogens is 207 g/mol. The van der Waals surface area contributed by atoms with Crippen LogP contribution in [0.3, 0.4) is 0 Å². The summed E-state index contributed by atoms with van der Waals surface area (Å²) < 4.78 is 13.4. The Bertz CT molecular complexity index is 350. The topological polar surface area (TPSA) is 49.8 Å². The molecule has 0 aliphatic heterocycles. The van der Waals surface area contributed by atoms with Gasteiger partial charge in [-0.15, -0.1) is 0 Å². The van der Waals surface area contributed by atoms with Crippen LogP contribution in [0.15, 0.2) is 6.20 Å². The maximum atomic E-state index is 13.4. The van der Waals surface area contributed by atoms with Crippen molar-refractivity contribution in [3.8, 4) is 0 Å². The Morgan fingerprint density at radius 1 is 1.31 bits per heavy atom. The van der Waals surface area contributed by atoms with Crippen molar-refractivity contribution in [3.63, 3.8) is 0 Å². The highest BCUT2D eigenvalue weighted by Crippen LogP contribution is 2.22. The summed E-state index contributed by atoms with van der Waals surface area (Å²) in [7, 11) is 1.72. The first-order valence-corrected chi connectivity index (χ1v) is 5.76. The van der Waals surface area contributed by atoms with Gasteiger partial charge in [0.1, 0.15) is 0 Å². The van der Waals surface area contributed by atoms with Crippen molar-refractivity contribution in [2.24, 2.45) is 0 Å². The van der Waals surface area contributed by atoms with E-state index in [1.807, 2.05) is 0 Å². The molecule has 1 aliphatic rings. The van der Waals surface area contributed by atoms with E-state index in [4.69, 9.17) is 0 Å². The van der Waals surface area contributed by atoms with Gasteiger partial charge in [0.25, 0.3) is 0 Å². The first kappa shape index (κ1) is 11.1. The molecule has 1 aliphatic carbocycles. The molecule has 2 N–H and O–H groups in total. The lowest BCUT2D eigenvalue weighted by atomic mass is 9.95. The molecule has 16 heavy (non-hydrogen) atoms. The molecule has 4 nitrogen and oxygen atoms in total. The molecule has 2 rings (SSSR count). The molecule has 0 unspecified atom stereocenters. The van der Waals surface area contributed by atoms with Gasteiger partial charge >= 0.3 is 0 Å². The Kier molecular flexibility index (Phi) is 3.54. The summed E-state index contributed by atoms with van der Waals surface area (Å²) in [5, 5.41) is 5.96. The van der Waals surface area contributed by atoms with Crippen molar-refractivity contribution < 1.29 is 4.39 Å². The molecule has 0 spiro atoms. The van der Waals surface area contributed by atoms with E-state index in [1.54, 1.807) is 7.05 Å². The van der Waals surface area contributed by atoms with Crippen LogP contribution in [0.25, 0.3) is 0 Å². The Morgan fingerprint density at radius 2 is 2.06 bits per heavy atom. The molecule has 1 aromatic heterocycles. The fraction of sp³-hybridized carbons (Fsp3) is 0.636. The molecule has 0 aromatic carbocycles. The lowest BCUT2D eigenvalue weighted by Crippen LogP contribution is -2.23. The molecule has 5 heteroatoms. The van der Waals surface area contributed by atoms with E-state index in [0.29, 0.717) is 17.8 Å². The van der Waals surface area contributed by atoms with Gasteiger partial charge in [0.15, 0.2) is 11.6 Å². The lowest BCUT2D eigenvalue weighted by molar-refractivity contribution is 0.459. The van der Waals surface area contributed by atoms with E-state index in [0.717, 1.165) is 12.8 Å². The zero-order valence-electron chi connectivity index (χ0n) is 9.46. The van der Waals surface area contributed by atoms with Crippen molar-refractivity contribution >= 4 is 11.8 Å². The number of hydrogen-bond donors (Lipinski definition) is 2. The molecular formula is C11H17FN4. The molecule has 0 bridgehead atoms. The zero-order valence-corrected chi connectivity index (χ0v) is 9.46. The van der Waals surface area contributed by atoms with Crippen molar-refractivity contribution in [2.75, 3.05) is 17.7 Å². The summed E-state index contributed by atoms with van der Waals surface area (Å²) in [6, 6.07) is 0.350. The summed E-state index contributed by atoms with van der Waals surface area (Å²) in [6.45, 7) is 0. The number of anilines is 2. The highest BCUT2D eigenvalue weighted by Gasteiger charge is 2.15. The van der Waals surface area contributed by atoms with E-state index in [1.165, 1.54) is 25.5 Å². The predicted molar refractivity (Wildman–Crippen MR) is 62.0 cm³/mol. The quantitative estimate of drug-likeness (QED) is 0.827. The first-order valence-electron chi connectivity index (χ1n) is 5.76. The van der Waals surface area contributed by atoms with Crippen LogP contribution in [0.5, 0.6) is 0 Å². The van der Waals surface area contributed by atoms with Gasteiger partial charge in [-0.05, 0) is 12.8 Å². The standard InChI is InChI=1S/C11H17FN4/c1-13-11-14-7-9(12)10(16-11)15-8-5-3-2-4-6-8/h7-8H,2-6H2,1H3,(H2,13,14,15,16). The van der Waals surface area contributed by atoms with Gasteiger partial charge in [0.2, 0.25) is 5.95 Å². The van der Waals surface area contributed by atoms with E-state index in [9.17, 15) is 4.39 Å². The summed E-state index contributed by atoms with van der Waals surface area (Å²) >= 11 is 0. The van der Waals surface area contributed by atoms with Crippen molar-refractivity contribution in [3.05, 3.63) is 12.0 Å². The highest BCUT2D eigenvalue weighted by atomic mass is 19.1. The van der Waals surface area contributed by atoms with Crippen molar-refractivity contribution in [1.29, 1.82) is 0 Å². The summed E-state index contributed by atoms with van der Waals surface area (Å²) in [6.07, 6.45) is 7.10. The Morgan fingerprint density at radius 3 is 2.75 bits per heavy atom. The second-order valence-electron chi connectivity index (χ2n) is 4.12. The Hall–Kier alpha value is -1.39. The van der Waals surface area contributed by atoms with Gasteiger partial charge in [-0.25, -0.2) is 9.37 Å². The molecule has 88 valence electrons. The second-order valence-corrected chi connectivity index (χ2v) is 4.12. The molecule has 1 aromatic rings. The Balaban J connectivity index is 2.06. The zero-order chi connectivity index (χ0) is 11.4. The molecule has 0 atom stereocenters. The third-order valence-electron chi connectivity index (χ3n) is 2.91. The normalized spacial score (nSPS) is 17.1. The number of halogens is 1. The number of aromatic nitrogens is 2. The minimum absolute atomic E-state index is 0.311. The van der Waals surface area contributed by atoms with Gasteiger partial charge < -0.3 is 10.6 Å². The Labute approximate surface area is 94.7 Å². The molecule has 0 amide bonds. The minimum atomic E-state index is -0.385. The van der Waals surface area contributed by atoms with E-state index in [2.05, 4.69) is 20.6 Å². The number of rotatable bonds is 3. The van der Waals surface area contributed by atoms with Gasteiger partial charge in [0, 0.05) is 13.1 Å². The van der Waals surface area contributed by atoms with Crippen molar-refractivity contribution in [1.82, 2.24) is 9.97 Å². The molecule has 1 heterocycles. The smallest absolute Gasteiger partial charge is 0.224 e. The van der Waals surface area contributed by atoms with Crippen LogP contribution in [0.1, 0.15) is 32.1 Å². The van der Waals surface area contributed by atoms with Crippen LogP contribution in [0.2, 0.25) is 0 Å². The largest absolute Gasteiger partial charge is 0.365 e. The van der Waals surface area contributed by atoms with Crippen LogP contribution >= 0.6 is 0 Å². The van der Waals surface area contributed by atoms with Crippen LogP contribution in [0.4, 0.5) is 16.2 Å². The predicted octanol–water partition coefficient (Wildman–Crippen LogP) is 2.40. The molecule has 0 saturated heterocycles. The second kappa shape index (κ2) is 5.09. The van der Waals surface area contributed by atoms with E-state index < -0.39 is 0 Å². The number of nitrogens with one attached hydrogen (secondary N) is 2. The molecule has 1 saturated carbocycles. The molecule has 0 radical (unpaired) electrons. The minimum Gasteiger partial charge on any atom is -0.365 e. The van der Waals surface area contributed by atoms with E-state index in [-0.39, 0.29) is 5.82 Å². The van der Waals surface area contributed by atoms with Crippen LogP contribution < -0.4 is 10.6 Å². The highest BCUT2D eigenvalue weighted by molar-refractivity contribution is 5.41. The monoisotopic (exact) mass is 224 g/mol. The lowest BCUT2D eigenvalue weighted by Gasteiger charge is -2.23. The van der Waals surface area contributed by atoms with Crippen LogP contribution in [0, 0.1) is 5.82 Å².